The third-order valence-electron chi connectivity index (χ3n) is 4.92. The second kappa shape index (κ2) is 13.3. The quantitative estimate of drug-likeness (QED) is 0.309. The van der Waals surface area contributed by atoms with Gasteiger partial charge in [0.05, 0.1) is 30.0 Å². The van der Waals surface area contributed by atoms with E-state index < -0.39 is 71.3 Å². The Hall–Kier alpha value is -4.05. The van der Waals surface area contributed by atoms with Crippen molar-refractivity contribution < 1.29 is 63.7 Å². The number of halogens is 9. The molecule has 0 fully saturated rings. The van der Waals surface area contributed by atoms with Crippen molar-refractivity contribution in [3.63, 3.8) is 0 Å². The topological polar surface area (TPSA) is 118 Å². The van der Waals surface area contributed by atoms with E-state index in [1.165, 1.54) is 0 Å². The van der Waals surface area contributed by atoms with Crippen molar-refractivity contribution in [2.45, 2.75) is 44.5 Å². The summed E-state index contributed by atoms with van der Waals surface area (Å²) in [7, 11) is 1.10. The number of hydrogen-bond donors (Lipinski definition) is 3. The average molecular weight is 591 g/mol. The first-order valence-corrected chi connectivity index (χ1v) is 10.8. The molecule has 1 heterocycles. The maximum atomic E-state index is 13.6. The van der Waals surface area contributed by atoms with E-state index in [1.807, 2.05) is 0 Å². The Morgan fingerprint density at radius 1 is 0.875 bits per heavy atom. The Morgan fingerprint density at radius 3 is 1.80 bits per heavy atom. The molecule has 17 heteroatoms. The minimum absolute atomic E-state index is 0.0819. The highest BCUT2D eigenvalue weighted by molar-refractivity contribution is 5.84. The summed E-state index contributed by atoms with van der Waals surface area (Å²) >= 11 is 0. The molecule has 0 saturated carbocycles. The average Bonchev–Trinajstić information content (AvgIpc) is 2.84. The van der Waals surface area contributed by atoms with Crippen molar-refractivity contribution >= 4 is 18.0 Å². The number of carbonyl (C=O) groups is 3. The lowest BCUT2D eigenvalue weighted by molar-refractivity contribution is -0.192. The molecule has 2 aromatic rings. The second-order valence-corrected chi connectivity index (χ2v) is 8.15. The number of nitrogens with zero attached hydrogens (tertiary/aromatic N) is 1. The number of carboxylic acids is 1. The third-order valence-corrected chi connectivity index (χ3v) is 4.92. The van der Waals surface area contributed by atoms with E-state index in [0.717, 1.165) is 37.6 Å². The van der Waals surface area contributed by atoms with Crippen LogP contribution in [0.4, 0.5) is 44.3 Å². The Kier molecular flexibility index (Phi) is 11.3. The molecule has 2 rings (SSSR count). The van der Waals surface area contributed by atoms with E-state index >= 15 is 0 Å². The molecule has 1 aromatic carbocycles. The zero-order valence-corrected chi connectivity index (χ0v) is 20.7. The summed E-state index contributed by atoms with van der Waals surface area (Å²) in [6, 6.07) is 1.32. The summed E-state index contributed by atoms with van der Waals surface area (Å²) < 4.78 is 116. The fraction of sp³-hybridized carbons (Fsp3) is 0.391. The van der Waals surface area contributed by atoms with Crippen LogP contribution in [0.15, 0.2) is 42.6 Å². The number of amides is 2. The van der Waals surface area contributed by atoms with E-state index in [-0.39, 0.29) is 5.56 Å². The number of carboxylic acid groups (broad SMARTS) is 1. The fourth-order valence-electron chi connectivity index (χ4n) is 3.00. The molecule has 8 nitrogen and oxygen atoms in total. The van der Waals surface area contributed by atoms with E-state index in [9.17, 15) is 49.1 Å². The maximum Gasteiger partial charge on any atom is 0.490 e. The number of ether oxygens (including phenoxy) is 1. The van der Waals surface area contributed by atoms with E-state index in [1.54, 1.807) is 13.8 Å². The van der Waals surface area contributed by atoms with Crippen LogP contribution < -0.4 is 10.6 Å². The number of aromatic nitrogens is 1. The number of nitrogens with one attached hydrogen (secondary N) is 2. The van der Waals surface area contributed by atoms with E-state index in [0.29, 0.717) is 12.1 Å². The molecular formula is C23H22F9N3O5. The summed E-state index contributed by atoms with van der Waals surface area (Å²) in [6.07, 6.45) is -13.5. The van der Waals surface area contributed by atoms with Crippen molar-refractivity contribution in [3.05, 3.63) is 65.0 Å². The molecule has 2 atom stereocenters. The molecule has 40 heavy (non-hydrogen) atoms. The predicted molar refractivity (Wildman–Crippen MR) is 119 cm³/mol. The van der Waals surface area contributed by atoms with Gasteiger partial charge in [-0.25, -0.2) is 14.4 Å². The van der Waals surface area contributed by atoms with Gasteiger partial charge >= 0.3 is 36.5 Å². The zero-order chi connectivity index (χ0) is 31.1. The highest BCUT2D eigenvalue weighted by Crippen LogP contribution is 2.36. The van der Waals surface area contributed by atoms with Crippen LogP contribution in [0.1, 0.15) is 42.3 Å². The van der Waals surface area contributed by atoms with Gasteiger partial charge in [0.15, 0.2) is 0 Å². The first-order chi connectivity index (χ1) is 18.2. The van der Waals surface area contributed by atoms with Gasteiger partial charge in [-0.05, 0) is 35.7 Å². The lowest BCUT2D eigenvalue weighted by atomic mass is 9.97. The largest absolute Gasteiger partial charge is 0.490 e. The fourth-order valence-corrected chi connectivity index (χ4v) is 3.00. The van der Waals surface area contributed by atoms with Crippen molar-refractivity contribution in [1.82, 2.24) is 15.6 Å². The van der Waals surface area contributed by atoms with Gasteiger partial charge < -0.3 is 20.5 Å². The Bertz CT molecular complexity index is 1160. The van der Waals surface area contributed by atoms with Crippen molar-refractivity contribution in [3.8, 4) is 0 Å². The standard InChI is InChI=1S/C21H21F6N3O3.C2HF3O2/c1-11(2)15(18(31)33-3)29-19(32)30-16(12-6-8-13(9-7-12)20(22,23)24)17-14(21(25,26)27)5-4-10-28-17;3-2(4,5)1(6)7/h4-11,15-16H,1-3H3,(H2,29,30,32);(H,6,7)/t15-,16-;/m0./s1. The van der Waals surface area contributed by atoms with Gasteiger partial charge in [0, 0.05) is 6.20 Å². The van der Waals surface area contributed by atoms with Gasteiger partial charge in [0.25, 0.3) is 0 Å². The van der Waals surface area contributed by atoms with Crippen LogP contribution in [0.2, 0.25) is 0 Å². The highest BCUT2D eigenvalue weighted by atomic mass is 19.4. The molecule has 222 valence electrons. The summed E-state index contributed by atoms with van der Waals surface area (Å²) in [6.45, 7) is 3.21. The first kappa shape index (κ1) is 34.0. The summed E-state index contributed by atoms with van der Waals surface area (Å²) in [4.78, 5) is 37.1. The van der Waals surface area contributed by atoms with Gasteiger partial charge in [-0.15, -0.1) is 0 Å². The zero-order valence-electron chi connectivity index (χ0n) is 20.7. The van der Waals surface area contributed by atoms with Crippen molar-refractivity contribution in [2.24, 2.45) is 5.92 Å². The highest BCUT2D eigenvalue weighted by Gasteiger charge is 2.39. The van der Waals surface area contributed by atoms with Crippen LogP contribution in [0.3, 0.4) is 0 Å². The number of methoxy groups -OCH3 is 1. The molecule has 0 aliphatic carbocycles. The van der Waals surface area contributed by atoms with E-state index in [2.05, 4.69) is 20.4 Å². The van der Waals surface area contributed by atoms with Crippen LogP contribution in [0.5, 0.6) is 0 Å². The maximum absolute atomic E-state index is 13.6. The number of rotatable bonds is 6. The first-order valence-electron chi connectivity index (χ1n) is 10.8. The Labute approximate surface area is 220 Å². The minimum Gasteiger partial charge on any atom is -0.475 e. The van der Waals surface area contributed by atoms with Gasteiger partial charge in [0.2, 0.25) is 0 Å². The van der Waals surface area contributed by atoms with Gasteiger partial charge in [0.1, 0.15) is 6.04 Å². The number of aliphatic carboxylic acids is 1. The predicted octanol–water partition coefficient (Wildman–Crippen LogP) is 5.34. The molecule has 0 aliphatic rings. The lowest BCUT2D eigenvalue weighted by Gasteiger charge is -2.25. The SMILES string of the molecule is COC(=O)[C@@H](NC(=O)N[C@@H](c1ccc(C(F)(F)F)cc1)c1ncccc1C(F)(F)F)C(C)C.O=C(O)C(F)(F)F. The Morgan fingerprint density at radius 2 is 1.40 bits per heavy atom. The molecule has 0 spiro atoms. The van der Waals surface area contributed by atoms with Crippen LogP contribution in [0, 0.1) is 5.92 Å². The summed E-state index contributed by atoms with van der Waals surface area (Å²) in [5, 5.41) is 11.7. The van der Waals surface area contributed by atoms with Crippen molar-refractivity contribution in [1.29, 1.82) is 0 Å². The number of alkyl halides is 9. The number of pyridine rings is 1. The van der Waals surface area contributed by atoms with Gasteiger partial charge in [-0.1, -0.05) is 26.0 Å². The molecule has 0 bridgehead atoms. The molecule has 2 amide bonds. The van der Waals surface area contributed by atoms with Crippen LogP contribution in [-0.4, -0.2) is 47.4 Å². The summed E-state index contributed by atoms with van der Waals surface area (Å²) in [5.74, 6) is -3.96. The lowest BCUT2D eigenvalue weighted by Crippen LogP contribution is -2.50. The number of urea groups is 1. The normalized spacial score (nSPS) is 13.4. The monoisotopic (exact) mass is 591 g/mol. The Balaban J connectivity index is 0.00000101. The molecule has 3 N–H and O–H groups in total. The second-order valence-electron chi connectivity index (χ2n) is 8.15. The number of carbonyl (C=O) groups excluding carboxylic acids is 2. The van der Waals surface area contributed by atoms with Crippen LogP contribution >= 0.6 is 0 Å². The molecule has 0 unspecified atom stereocenters. The van der Waals surface area contributed by atoms with Gasteiger partial charge in [-0.3, -0.25) is 4.98 Å². The number of benzene rings is 1. The summed E-state index contributed by atoms with van der Waals surface area (Å²) in [5.41, 5.74) is -2.90. The minimum atomic E-state index is -5.08. The van der Waals surface area contributed by atoms with Crippen LogP contribution in [0.25, 0.3) is 0 Å². The third kappa shape index (κ3) is 9.92. The number of hydrogen-bond acceptors (Lipinski definition) is 5. The number of esters is 1. The molecule has 0 radical (unpaired) electrons. The van der Waals surface area contributed by atoms with Gasteiger partial charge in [-0.2, -0.15) is 39.5 Å². The molecular weight excluding hydrogens is 569 g/mol. The van der Waals surface area contributed by atoms with E-state index in [4.69, 9.17) is 9.90 Å². The molecule has 1 aromatic heterocycles. The van der Waals surface area contributed by atoms with Crippen LogP contribution in [-0.2, 0) is 26.7 Å². The smallest absolute Gasteiger partial charge is 0.475 e. The molecule has 0 saturated heterocycles. The molecule has 0 aliphatic heterocycles. The van der Waals surface area contributed by atoms with Crippen molar-refractivity contribution in [2.75, 3.05) is 7.11 Å².